The monoisotopic (exact) mass is 413 g/mol. The minimum absolute atomic E-state index is 0.613. The van der Waals surface area contributed by atoms with E-state index in [-0.39, 0.29) is 0 Å². The van der Waals surface area contributed by atoms with Gasteiger partial charge in [-0.25, -0.2) is 0 Å². The quantitative estimate of drug-likeness (QED) is 0.528. The van der Waals surface area contributed by atoms with Crippen LogP contribution in [0.5, 0.6) is 5.75 Å². The van der Waals surface area contributed by atoms with Gasteiger partial charge in [0.15, 0.2) is 0 Å². The van der Waals surface area contributed by atoms with Crippen molar-refractivity contribution in [1.29, 1.82) is 0 Å². The van der Waals surface area contributed by atoms with Gasteiger partial charge < -0.3 is 9.47 Å². The lowest BCUT2D eigenvalue weighted by Gasteiger charge is -2.27. The van der Waals surface area contributed by atoms with Crippen molar-refractivity contribution in [3.8, 4) is 16.9 Å². The first-order valence-electron chi connectivity index (χ1n) is 11.5. The number of hydrogen-bond donors (Lipinski definition) is 0. The van der Waals surface area contributed by atoms with Gasteiger partial charge in [-0.3, -0.25) is 4.90 Å². The largest absolute Gasteiger partial charge is 0.489 e. The van der Waals surface area contributed by atoms with E-state index in [0.29, 0.717) is 6.61 Å². The molecule has 2 aliphatic rings. The molecule has 3 heteroatoms. The fourth-order valence-electron chi connectivity index (χ4n) is 4.96. The molecular formula is C28H31NO2. The summed E-state index contributed by atoms with van der Waals surface area (Å²) in [4.78, 5) is 2.51. The molecule has 1 aliphatic heterocycles. The standard InChI is InChI=1S/C28H31NO2/c1-21-24(9-5-10-25(21)22-7-3-2-4-8-22)20-31-28-14-13-23(26-11-6-12-27(26)28)19-29-15-17-30-18-16-29/h2-5,7-10,13-14H,6,11-12,15-20H2,1H3. The van der Waals surface area contributed by atoms with E-state index in [4.69, 9.17) is 9.47 Å². The maximum atomic E-state index is 6.42. The predicted octanol–water partition coefficient (Wildman–Crippen LogP) is 5.56. The number of morpholine rings is 1. The molecule has 3 aromatic rings. The number of ether oxygens (including phenoxy) is 2. The van der Waals surface area contributed by atoms with Gasteiger partial charge in [-0.1, -0.05) is 54.6 Å². The van der Waals surface area contributed by atoms with Crippen molar-refractivity contribution < 1.29 is 9.47 Å². The number of rotatable bonds is 6. The van der Waals surface area contributed by atoms with Crippen molar-refractivity contribution in [2.24, 2.45) is 0 Å². The van der Waals surface area contributed by atoms with Gasteiger partial charge in [-0.05, 0) is 71.2 Å². The van der Waals surface area contributed by atoms with Gasteiger partial charge in [0, 0.05) is 19.6 Å². The minimum atomic E-state index is 0.613. The van der Waals surface area contributed by atoms with Gasteiger partial charge in [-0.2, -0.15) is 0 Å². The summed E-state index contributed by atoms with van der Waals surface area (Å²) in [7, 11) is 0. The molecule has 1 fully saturated rings. The minimum Gasteiger partial charge on any atom is -0.489 e. The van der Waals surface area contributed by atoms with Crippen LogP contribution in [0.3, 0.4) is 0 Å². The highest BCUT2D eigenvalue weighted by Crippen LogP contribution is 2.35. The first-order chi connectivity index (χ1) is 15.3. The maximum Gasteiger partial charge on any atom is 0.123 e. The molecule has 0 unspecified atom stereocenters. The SMILES string of the molecule is Cc1c(COc2ccc(CN3CCOCC3)c3c2CCC3)cccc1-c1ccccc1. The highest BCUT2D eigenvalue weighted by Gasteiger charge is 2.21. The molecule has 1 heterocycles. The van der Waals surface area contributed by atoms with E-state index in [1.165, 1.54) is 51.8 Å². The summed E-state index contributed by atoms with van der Waals surface area (Å²) < 4.78 is 11.9. The summed E-state index contributed by atoms with van der Waals surface area (Å²) in [6.07, 6.45) is 3.54. The van der Waals surface area contributed by atoms with E-state index >= 15 is 0 Å². The fraction of sp³-hybridized carbons (Fsp3) is 0.357. The van der Waals surface area contributed by atoms with E-state index in [0.717, 1.165) is 45.0 Å². The van der Waals surface area contributed by atoms with Gasteiger partial charge in [0.2, 0.25) is 0 Å². The van der Waals surface area contributed by atoms with Crippen LogP contribution in [0, 0.1) is 6.92 Å². The zero-order chi connectivity index (χ0) is 21.0. The van der Waals surface area contributed by atoms with E-state index < -0.39 is 0 Å². The van der Waals surface area contributed by atoms with Crippen molar-refractivity contribution in [3.63, 3.8) is 0 Å². The molecule has 31 heavy (non-hydrogen) atoms. The van der Waals surface area contributed by atoms with Crippen molar-refractivity contribution in [3.05, 3.63) is 88.5 Å². The Kier molecular flexibility index (Phi) is 6.06. The van der Waals surface area contributed by atoms with Gasteiger partial charge in [0.1, 0.15) is 12.4 Å². The van der Waals surface area contributed by atoms with E-state index in [2.05, 4.69) is 72.5 Å². The van der Waals surface area contributed by atoms with E-state index in [1.807, 2.05) is 0 Å². The summed E-state index contributed by atoms with van der Waals surface area (Å²) in [5.74, 6) is 1.07. The Morgan fingerprint density at radius 1 is 0.839 bits per heavy atom. The molecule has 0 spiro atoms. The van der Waals surface area contributed by atoms with Crippen LogP contribution >= 0.6 is 0 Å². The average Bonchev–Trinajstić information content (AvgIpc) is 3.31. The summed E-state index contributed by atoms with van der Waals surface area (Å²) in [6.45, 7) is 7.62. The van der Waals surface area contributed by atoms with E-state index in [1.54, 1.807) is 0 Å². The molecule has 3 aromatic carbocycles. The maximum absolute atomic E-state index is 6.42. The van der Waals surface area contributed by atoms with Crippen molar-refractivity contribution in [1.82, 2.24) is 4.90 Å². The normalized spacial score (nSPS) is 16.3. The van der Waals surface area contributed by atoms with Gasteiger partial charge in [0.25, 0.3) is 0 Å². The highest BCUT2D eigenvalue weighted by atomic mass is 16.5. The van der Waals surface area contributed by atoms with Crippen molar-refractivity contribution in [2.45, 2.75) is 39.3 Å². The third-order valence-electron chi connectivity index (χ3n) is 6.75. The molecule has 0 N–H and O–H groups in total. The smallest absolute Gasteiger partial charge is 0.123 e. The molecule has 3 nitrogen and oxygen atoms in total. The molecule has 1 aliphatic carbocycles. The Labute approximate surface area is 185 Å². The lowest BCUT2D eigenvalue weighted by atomic mass is 9.97. The topological polar surface area (TPSA) is 21.7 Å². The second-order valence-electron chi connectivity index (χ2n) is 8.67. The lowest BCUT2D eigenvalue weighted by Crippen LogP contribution is -2.35. The molecule has 0 bridgehead atoms. The first kappa shape index (κ1) is 20.3. The van der Waals surface area contributed by atoms with Crippen LogP contribution in [0.2, 0.25) is 0 Å². The predicted molar refractivity (Wildman–Crippen MR) is 126 cm³/mol. The Hall–Kier alpha value is -2.62. The van der Waals surface area contributed by atoms with Crippen LogP contribution in [-0.2, 0) is 30.7 Å². The molecule has 0 saturated carbocycles. The fourth-order valence-corrected chi connectivity index (χ4v) is 4.96. The zero-order valence-corrected chi connectivity index (χ0v) is 18.4. The molecule has 0 radical (unpaired) electrons. The van der Waals surface area contributed by atoms with Gasteiger partial charge >= 0.3 is 0 Å². The lowest BCUT2D eigenvalue weighted by molar-refractivity contribution is 0.0341. The van der Waals surface area contributed by atoms with E-state index in [9.17, 15) is 0 Å². The van der Waals surface area contributed by atoms with Crippen LogP contribution in [0.15, 0.2) is 60.7 Å². The molecule has 0 atom stereocenters. The molecule has 0 aromatic heterocycles. The molecule has 0 amide bonds. The van der Waals surface area contributed by atoms with Crippen molar-refractivity contribution in [2.75, 3.05) is 26.3 Å². The highest BCUT2D eigenvalue weighted by molar-refractivity contribution is 5.68. The zero-order valence-electron chi connectivity index (χ0n) is 18.4. The van der Waals surface area contributed by atoms with Crippen LogP contribution in [0.1, 0.15) is 34.2 Å². The van der Waals surface area contributed by atoms with Crippen LogP contribution in [0.25, 0.3) is 11.1 Å². The summed E-state index contributed by atoms with van der Waals surface area (Å²) in [6, 6.07) is 21.6. The Balaban J connectivity index is 1.34. The molecule has 5 rings (SSSR count). The second kappa shape index (κ2) is 9.25. The number of hydrogen-bond acceptors (Lipinski definition) is 3. The van der Waals surface area contributed by atoms with Crippen LogP contribution < -0.4 is 4.74 Å². The summed E-state index contributed by atoms with van der Waals surface area (Å²) in [5, 5.41) is 0. The van der Waals surface area contributed by atoms with Gasteiger partial charge in [-0.15, -0.1) is 0 Å². The van der Waals surface area contributed by atoms with Crippen LogP contribution in [-0.4, -0.2) is 31.2 Å². The molecule has 160 valence electrons. The third-order valence-corrected chi connectivity index (χ3v) is 6.75. The van der Waals surface area contributed by atoms with Gasteiger partial charge in [0.05, 0.1) is 13.2 Å². The van der Waals surface area contributed by atoms with Crippen molar-refractivity contribution >= 4 is 0 Å². The summed E-state index contributed by atoms with van der Waals surface area (Å²) in [5.41, 5.74) is 9.54. The number of nitrogens with zero attached hydrogens (tertiary/aromatic N) is 1. The number of fused-ring (bicyclic) bond motifs is 1. The Bertz CT molecular complexity index is 1040. The molecular weight excluding hydrogens is 382 g/mol. The first-order valence-corrected chi connectivity index (χ1v) is 11.5. The Morgan fingerprint density at radius 2 is 1.65 bits per heavy atom. The second-order valence-corrected chi connectivity index (χ2v) is 8.67. The third kappa shape index (κ3) is 4.39. The average molecular weight is 414 g/mol. The van der Waals surface area contributed by atoms with Crippen LogP contribution in [0.4, 0.5) is 0 Å². The summed E-state index contributed by atoms with van der Waals surface area (Å²) >= 11 is 0. The Morgan fingerprint density at radius 3 is 2.48 bits per heavy atom. The molecule has 1 saturated heterocycles. The number of benzene rings is 3.